The number of hydrogen-bond donors (Lipinski definition) is 1. The topological polar surface area (TPSA) is 47.0 Å². The normalized spacial score (nSPS) is 10.4. The molecule has 0 aliphatic carbocycles. The summed E-state index contributed by atoms with van der Waals surface area (Å²) in [6, 6.07) is 7.69. The molecule has 0 unspecified atom stereocenters. The molecule has 0 amide bonds. The van der Waals surface area contributed by atoms with Gasteiger partial charge in [-0.3, -0.25) is 0 Å². The second-order valence-electron chi connectivity index (χ2n) is 4.20. The molecule has 1 aromatic carbocycles. The number of aryl methyl sites for hydroxylation is 1. The third-order valence-electron chi connectivity index (χ3n) is 2.51. The number of nitrogens with one attached hydrogen (secondary N) is 1. The quantitative estimate of drug-likeness (QED) is 0.811. The van der Waals surface area contributed by atoms with Gasteiger partial charge >= 0.3 is 0 Å². The van der Waals surface area contributed by atoms with Gasteiger partial charge in [0.15, 0.2) is 5.82 Å². The van der Waals surface area contributed by atoms with Gasteiger partial charge < -0.3 is 10.1 Å². The fourth-order valence-corrected chi connectivity index (χ4v) is 2.86. The highest BCUT2D eigenvalue weighted by Gasteiger charge is 2.06. The third-order valence-corrected chi connectivity index (χ3v) is 3.62. The summed E-state index contributed by atoms with van der Waals surface area (Å²) < 4.78 is 7.64. The van der Waals surface area contributed by atoms with Gasteiger partial charge in [0.2, 0.25) is 0 Å². The maximum atomic E-state index is 5.75. The van der Waals surface area contributed by atoms with Gasteiger partial charge in [-0.05, 0) is 48.0 Å². The summed E-state index contributed by atoms with van der Waals surface area (Å²) in [4.78, 5) is 8.79. The molecule has 0 radical (unpaired) electrons. The number of halogens is 2. The highest BCUT2D eigenvalue weighted by molar-refractivity contribution is 9.11. The van der Waals surface area contributed by atoms with Crippen LogP contribution in [0.3, 0.4) is 0 Å². The van der Waals surface area contributed by atoms with E-state index in [1.165, 1.54) is 0 Å². The van der Waals surface area contributed by atoms with Crippen LogP contribution in [0.2, 0.25) is 0 Å². The van der Waals surface area contributed by atoms with Crippen molar-refractivity contribution in [2.24, 2.45) is 0 Å². The number of ether oxygens (including phenoxy) is 1. The van der Waals surface area contributed by atoms with Gasteiger partial charge in [-0.2, -0.15) is 0 Å². The maximum Gasteiger partial charge on any atom is 0.168 e. The van der Waals surface area contributed by atoms with Gasteiger partial charge in [0.05, 0.1) is 4.47 Å². The number of benzene rings is 1. The van der Waals surface area contributed by atoms with Crippen molar-refractivity contribution in [3.05, 3.63) is 44.7 Å². The largest absolute Gasteiger partial charge is 0.484 e. The average Bonchev–Trinajstić information content (AvgIpc) is 2.37. The predicted molar refractivity (Wildman–Crippen MR) is 87.1 cm³/mol. The van der Waals surface area contributed by atoms with Crippen LogP contribution in [0.15, 0.2) is 33.2 Å². The Hall–Kier alpha value is -1.14. The lowest BCUT2D eigenvalue weighted by Gasteiger charge is -2.10. The molecule has 4 nitrogen and oxygen atoms in total. The Bertz CT molecular complexity index is 605. The van der Waals surface area contributed by atoms with E-state index < -0.39 is 0 Å². The van der Waals surface area contributed by atoms with E-state index in [9.17, 15) is 0 Å². The molecule has 0 bridgehead atoms. The second-order valence-corrected chi connectivity index (χ2v) is 5.97. The van der Waals surface area contributed by atoms with Crippen molar-refractivity contribution in [3.8, 4) is 5.75 Å². The fraction of sp³-hybridized carbons (Fsp3) is 0.286. The minimum Gasteiger partial charge on any atom is -0.484 e. The number of rotatable bonds is 5. The number of anilines is 1. The molecule has 106 valence electrons. The summed E-state index contributed by atoms with van der Waals surface area (Å²) in [7, 11) is 0. The van der Waals surface area contributed by atoms with Crippen molar-refractivity contribution in [3.63, 3.8) is 0 Å². The van der Waals surface area contributed by atoms with Crippen LogP contribution in [-0.4, -0.2) is 16.5 Å². The molecule has 0 aliphatic rings. The molecule has 6 heteroatoms. The molecule has 0 spiro atoms. The zero-order valence-electron chi connectivity index (χ0n) is 11.3. The first kappa shape index (κ1) is 15.3. The molecule has 2 aromatic rings. The Morgan fingerprint density at radius 1 is 1.20 bits per heavy atom. The van der Waals surface area contributed by atoms with E-state index >= 15 is 0 Å². The second kappa shape index (κ2) is 7.04. The lowest BCUT2D eigenvalue weighted by Crippen LogP contribution is -2.07. The first-order valence-electron chi connectivity index (χ1n) is 6.24. The Morgan fingerprint density at radius 3 is 2.70 bits per heavy atom. The van der Waals surface area contributed by atoms with E-state index in [0.717, 1.165) is 32.8 Å². The smallest absolute Gasteiger partial charge is 0.168 e. The van der Waals surface area contributed by atoms with Crippen LogP contribution < -0.4 is 10.1 Å². The molecule has 0 atom stereocenters. The molecule has 20 heavy (non-hydrogen) atoms. The molecule has 1 aromatic heterocycles. The third kappa shape index (κ3) is 4.18. The molecule has 1 N–H and O–H groups in total. The highest BCUT2D eigenvalue weighted by atomic mass is 79.9. The van der Waals surface area contributed by atoms with Gasteiger partial charge in [0, 0.05) is 22.8 Å². The standard InChI is InChI=1S/C14H15Br2N3O/c1-3-17-13-6-9(2)18-14(19-13)8-20-12-5-4-10(15)7-11(12)16/h4-7H,3,8H2,1-2H3,(H,17,18,19). The SMILES string of the molecule is CCNc1cc(C)nc(COc2ccc(Br)cc2Br)n1. The fourth-order valence-electron chi connectivity index (χ4n) is 1.70. The van der Waals surface area contributed by atoms with Crippen LogP contribution in [0.4, 0.5) is 5.82 Å². The molecule has 0 saturated heterocycles. The summed E-state index contributed by atoms with van der Waals surface area (Å²) in [6.45, 7) is 5.14. The van der Waals surface area contributed by atoms with Crippen LogP contribution >= 0.6 is 31.9 Å². The molecule has 2 rings (SSSR count). The van der Waals surface area contributed by atoms with E-state index in [2.05, 4.69) is 47.1 Å². The van der Waals surface area contributed by atoms with Gasteiger partial charge in [0.25, 0.3) is 0 Å². The summed E-state index contributed by atoms with van der Waals surface area (Å²) in [5.41, 5.74) is 0.921. The lowest BCUT2D eigenvalue weighted by molar-refractivity contribution is 0.294. The molecule has 1 heterocycles. The summed E-state index contributed by atoms with van der Waals surface area (Å²) in [5, 5.41) is 3.18. The van der Waals surface area contributed by atoms with E-state index in [4.69, 9.17) is 4.74 Å². The van der Waals surface area contributed by atoms with Gasteiger partial charge in [0.1, 0.15) is 18.2 Å². The predicted octanol–water partition coefficient (Wildman–Crippen LogP) is 4.32. The zero-order chi connectivity index (χ0) is 14.5. The van der Waals surface area contributed by atoms with E-state index in [1.54, 1.807) is 0 Å². The molecule has 0 saturated carbocycles. The monoisotopic (exact) mass is 399 g/mol. The van der Waals surface area contributed by atoms with E-state index in [0.29, 0.717) is 12.4 Å². The van der Waals surface area contributed by atoms with Crippen molar-refractivity contribution in [1.82, 2.24) is 9.97 Å². The van der Waals surface area contributed by atoms with Crippen LogP contribution in [-0.2, 0) is 6.61 Å². The van der Waals surface area contributed by atoms with Gasteiger partial charge in [-0.15, -0.1) is 0 Å². The van der Waals surface area contributed by atoms with Crippen molar-refractivity contribution in [2.45, 2.75) is 20.5 Å². The van der Waals surface area contributed by atoms with Crippen LogP contribution in [0.5, 0.6) is 5.75 Å². The first-order chi connectivity index (χ1) is 9.58. The van der Waals surface area contributed by atoms with Crippen molar-refractivity contribution in [2.75, 3.05) is 11.9 Å². The minimum absolute atomic E-state index is 0.334. The number of hydrogen-bond acceptors (Lipinski definition) is 4. The molecular weight excluding hydrogens is 386 g/mol. The van der Waals surface area contributed by atoms with E-state index in [-0.39, 0.29) is 0 Å². The highest BCUT2D eigenvalue weighted by Crippen LogP contribution is 2.28. The molecule has 0 aliphatic heterocycles. The van der Waals surface area contributed by atoms with Crippen molar-refractivity contribution < 1.29 is 4.74 Å². The van der Waals surface area contributed by atoms with Crippen LogP contribution in [0.25, 0.3) is 0 Å². The van der Waals surface area contributed by atoms with Crippen LogP contribution in [0, 0.1) is 6.92 Å². The van der Waals surface area contributed by atoms with Crippen molar-refractivity contribution in [1.29, 1.82) is 0 Å². The zero-order valence-corrected chi connectivity index (χ0v) is 14.5. The first-order valence-corrected chi connectivity index (χ1v) is 7.83. The number of aromatic nitrogens is 2. The maximum absolute atomic E-state index is 5.75. The summed E-state index contributed by atoms with van der Waals surface area (Å²) >= 11 is 6.88. The van der Waals surface area contributed by atoms with Gasteiger partial charge in [-0.1, -0.05) is 15.9 Å². The van der Waals surface area contributed by atoms with Gasteiger partial charge in [-0.25, -0.2) is 9.97 Å². The lowest BCUT2D eigenvalue weighted by atomic mass is 10.3. The minimum atomic E-state index is 0.334. The Labute approximate surface area is 135 Å². The summed E-state index contributed by atoms with van der Waals surface area (Å²) in [5.74, 6) is 2.26. The van der Waals surface area contributed by atoms with Crippen molar-refractivity contribution >= 4 is 37.7 Å². The Morgan fingerprint density at radius 2 is 2.00 bits per heavy atom. The Kier molecular flexibility index (Phi) is 5.37. The molecular formula is C14H15Br2N3O. The van der Waals surface area contributed by atoms with E-state index in [1.807, 2.05) is 38.1 Å². The number of nitrogens with zero attached hydrogens (tertiary/aromatic N) is 2. The average molecular weight is 401 g/mol. The molecule has 0 fully saturated rings. The Balaban J connectivity index is 2.10. The summed E-state index contributed by atoms with van der Waals surface area (Å²) in [6.07, 6.45) is 0. The van der Waals surface area contributed by atoms with Crippen LogP contribution in [0.1, 0.15) is 18.4 Å².